The Morgan fingerprint density at radius 3 is 1.83 bits per heavy atom. The van der Waals surface area contributed by atoms with Gasteiger partial charge in [-0.1, -0.05) is 29.3 Å². The average Bonchev–Trinajstić information content (AvgIpc) is 2.38. The third kappa shape index (κ3) is 2.26. The molecule has 0 aliphatic rings. The largest absolute Gasteiger partial charge is 0.496 e. The highest BCUT2D eigenvalue weighted by molar-refractivity contribution is 6.39. The summed E-state index contributed by atoms with van der Waals surface area (Å²) < 4.78 is 10.6. The Balaban J connectivity index is 2.77. The van der Waals surface area contributed by atoms with E-state index in [1.165, 1.54) is 0 Å². The van der Waals surface area contributed by atoms with E-state index >= 15 is 0 Å². The third-order valence-corrected chi connectivity index (χ3v) is 3.20. The molecule has 0 saturated carbocycles. The van der Waals surface area contributed by atoms with E-state index in [0.29, 0.717) is 27.1 Å². The second-order valence-corrected chi connectivity index (χ2v) is 4.38. The zero-order valence-corrected chi connectivity index (χ0v) is 11.5. The van der Waals surface area contributed by atoms with Gasteiger partial charge in [-0.2, -0.15) is 0 Å². The maximum atomic E-state index is 6.22. The first-order valence-corrected chi connectivity index (χ1v) is 6.01. The van der Waals surface area contributed by atoms with Gasteiger partial charge < -0.3 is 9.47 Å². The summed E-state index contributed by atoms with van der Waals surface area (Å²) in [6.07, 6.45) is 0. The van der Waals surface area contributed by atoms with Crippen LogP contribution in [0.3, 0.4) is 0 Å². The molecule has 0 saturated heterocycles. The van der Waals surface area contributed by atoms with E-state index in [1.54, 1.807) is 44.6 Å². The highest BCUT2D eigenvalue weighted by atomic mass is 35.5. The van der Waals surface area contributed by atoms with Crippen LogP contribution in [0, 0.1) is 6.07 Å². The molecule has 18 heavy (non-hydrogen) atoms. The molecule has 2 aromatic rings. The maximum absolute atomic E-state index is 6.22. The third-order valence-electron chi connectivity index (χ3n) is 2.57. The molecule has 0 heterocycles. The molecular formula is C14H11Cl2O2. The van der Waals surface area contributed by atoms with Crippen LogP contribution in [0.4, 0.5) is 0 Å². The van der Waals surface area contributed by atoms with Crippen molar-refractivity contribution in [3.63, 3.8) is 0 Å². The van der Waals surface area contributed by atoms with Crippen molar-refractivity contribution in [2.75, 3.05) is 14.2 Å². The van der Waals surface area contributed by atoms with E-state index in [2.05, 4.69) is 6.07 Å². The summed E-state index contributed by atoms with van der Waals surface area (Å²) in [6, 6.07) is 11.7. The molecule has 0 amide bonds. The number of rotatable bonds is 3. The van der Waals surface area contributed by atoms with Gasteiger partial charge in [0.05, 0.1) is 29.8 Å². The van der Waals surface area contributed by atoms with Gasteiger partial charge in [0.15, 0.2) is 0 Å². The van der Waals surface area contributed by atoms with Crippen LogP contribution in [-0.4, -0.2) is 14.2 Å². The molecule has 1 radical (unpaired) electrons. The smallest absolute Gasteiger partial charge is 0.131 e. The van der Waals surface area contributed by atoms with Gasteiger partial charge in [0.2, 0.25) is 0 Å². The molecule has 2 nitrogen and oxygen atoms in total. The zero-order valence-electron chi connectivity index (χ0n) is 9.96. The van der Waals surface area contributed by atoms with E-state index in [4.69, 9.17) is 32.7 Å². The molecule has 0 bridgehead atoms. The topological polar surface area (TPSA) is 18.5 Å². The first-order valence-electron chi connectivity index (χ1n) is 5.25. The fourth-order valence-electron chi connectivity index (χ4n) is 1.76. The quantitative estimate of drug-likeness (QED) is 0.826. The molecule has 93 valence electrons. The maximum Gasteiger partial charge on any atom is 0.131 e. The lowest BCUT2D eigenvalue weighted by molar-refractivity contribution is 0.397. The van der Waals surface area contributed by atoms with Crippen LogP contribution in [0.15, 0.2) is 30.3 Å². The zero-order chi connectivity index (χ0) is 13.1. The molecule has 0 aliphatic carbocycles. The van der Waals surface area contributed by atoms with E-state index in [1.807, 2.05) is 0 Å². The molecule has 0 spiro atoms. The molecule has 0 aliphatic heterocycles. The predicted molar refractivity (Wildman–Crippen MR) is 73.8 cm³/mol. The first-order chi connectivity index (χ1) is 8.69. The van der Waals surface area contributed by atoms with Crippen LogP contribution in [0.2, 0.25) is 10.0 Å². The Bertz CT molecular complexity index is 525. The summed E-state index contributed by atoms with van der Waals surface area (Å²) in [5, 5.41) is 1.09. The summed E-state index contributed by atoms with van der Waals surface area (Å²) in [7, 11) is 3.16. The van der Waals surface area contributed by atoms with Gasteiger partial charge in [-0.05, 0) is 30.3 Å². The van der Waals surface area contributed by atoms with E-state index in [-0.39, 0.29) is 0 Å². The van der Waals surface area contributed by atoms with Crippen molar-refractivity contribution < 1.29 is 9.47 Å². The molecule has 2 rings (SSSR count). The van der Waals surface area contributed by atoms with Gasteiger partial charge in [-0.25, -0.2) is 0 Å². The molecule has 2 aromatic carbocycles. The van der Waals surface area contributed by atoms with Crippen molar-refractivity contribution >= 4 is 23.2 Å². The minimum absolute atomic E-state index is 0.547. The normalized spacial score (nSPS) is 10.2. The van der Waals surface area contributed by atoms with Crippen LogP contribution in [0.25, 0.3) is 11.1 Å². The molecule has 0 atom stereocenters. The number of ether oxygens (including phenoxy) is 2. The number of methoxy groups -OCH3 is 2. The van der Waals surface area contributed by atoms with Crippen LogP contribution in [0.1, 0.15) is 0 Å². The molecule has 0 aromatic heterocycles. The number of halogens is 2. The van der Waals surface area contributed by atoms with Crippen LogP contribution in [-0.2, 0) is 0 Å². The van der Waals surface area contributed by atoms with E-state index in [0.717, 1.165) is 5.56 Å². The molecule has 0 fully saturated rings. The lowest BCUT2D eigenvalue weighted by atomic mass is 10.0. The number of hydrogen-bond acceptors (Lipinski definition) is 2. The van der Waals surface area contributed by atoms with Crippen LogP contribution >= 0.6 is 23.2 Å². The van der Waals surface area contributed by atoms with Crippen LogP contribution in [0.5, 0.6) is 11.5 Å². The number of benzene rings is 2. The average molecular weight is 282 g/mol. The van der Waals surface area contributed by atoms with Gasteiger partial charge in [0.25, 0.3) is 0 Å². The van der Waals surface area contributed by atoms with Crippen molar-refractivity contribution in [2.24, 2.45) is 0 Å². The Hall–Kier alpha value is -1.38. The van der Waals surface area contributed by atoms with Gasteiger partial charge >= 0.3 is 0 Å². The minimum atomic E-state index is 0.547. The van der Waals surface area contributed by atoms with Crippen LogP contribution < -0.4 is 9.47 Å². The first kappa shape index (κ1) is 13.1. The van der Waals surface area contributed by atoms with Gasteiger partial charge in [0.1, 0.15) is 11.5 Å². The Morgan fingerprint density at radius 2 is 1.39 bits per heavy atom. The van der Waals surface area contributed by atoms with Gasteiger partial charge in [-0.15, -0.1) is 0 Å². The van der Waals surface area contributed by atoms with Crippen molar-refractivity contribution in [3.05, 3.63) is 46.4 Å². The Morgan fingerprint density at radius 1 is 0.889 bits per heavy atom. The van der Waals surface area contributed by atoms with E-state index in [9.17, 15) is 0 Å². The highest BCUT2D eigenvalue weighted by Gasteiger charge is 2.17. The van der Waals surface area contributed by atoms with Crippen molar-refractivity contribution in [1.29, 1.82) is 0 Å². The summed E-state index contributed by atoms with van der Waals surface area (Å²) >= 11 is 12.4. The summed E-state index contributed by atoms with van der Waals surface area (Å²) in [5.74, 6) is 1.23. The van der Waals surface area contributed by atoms with Crippen molar-refractivity contribution in [3.8, 4) is 22.6 Å². The Labute approximate surface area is 116 Å². The lowest BCUT2D eigenvalue weighted by Gasteiger charge is -2.15. The minimum Gasteiger partial charge on any atom is -0.496 e. The SMILES string of the molecule is COc1c[c]cc(OC)c1-c1c(Cl)cccc1Cl. The fourth-order valence-corrected chi connectivity index (χ4v) is 2.35. The molecule has 0 unspecified atom stereocenters. The second-order valence-electron chi connectivity index (χ2n) is 3.56. The molecule has 4 heteroatoms. The predicted octanol–water partition coefficient (Wildman–Crippen LogP) is 4.48. The Kier molecular flexibility index (Phi) is 4.00. The number of hydrogen-bond donors (Lipinski definition) is 0. The van der Waals surface area contributed by atoms with Gasteiger partial charge in [-0.3, -0.25) is 0 Å². The molecule has 0 N–H and O–H groups in total. The lowest BCUT2D eigenvalue weighted by Crippen LogP contribution is -1.94. The van der Waals surface area contributed by atoms with E-state index < -0.39 is 0 Å². The van der Waals surface area contributed by atoms with Crippen molar-refractivity contribution in [1.82, 2.24) is 0 Å². The summed E-state index contributed by atoms with van der Waals surface area (Å²) in [6.45, 7) is 0. The summed E-state index contributed by atoms with van der Waals surface area (Å²) in [5.41, 5.74) is 1.43. The highest BCUT2D eigenvalue weighted by Crippen LogP contribution is 2.44. The second kappa shape index (κ2) is 5.51. The summed E-state index contributed by atoms with van der Waals surface area (Å²) in [4.78, 5) is 0. The fraction of sp³-hybridized carbons (Fsp3) is 0.143. The monoisotopic (exact) mass is 281 g/mol. The van der Waals surface area contributed by atoms with Crippen molar-refractivity contribution in [2.45, 2.75) is 0 Å². The standard InChI is InChI=1S/C14H11Cl2O2/c1-17-11-7-4-8-12(18-2)14(11)13-9(15)5-3-6-10(13)16/h3,5-8H,1-2H3. The van der Waals surface area contributed by atoms with Gasteiger partial charge in [0, 0.05) is 5.56 Å². The molecular weight excluding hydrogens is 271 g/mol.